The summed E-state index contributed by atoms with van der Waals surface area (Å²) in [6, 6.07) is 6.25. The summed E-state index contributed by atoms with van der Waals surface area (Å²) in [6.07, 6.45) is 4.58. The zero-order valence-electron chi connectivity index (χ0n) is 10.7. The first-order valence-corrected chi connectivity index (χ1v) is 7.07. The Morgan fingerprint density at radius 2 is 2.22 bits per heavy atom. The Balaban J connectivity index is 1.96. The zero-order chi connectivity index (χ0) is 13.0. The molecule has 4 heteroatoms. The molecule has 0 amide bonds. The van der Waals surface area contributed by atoms with Crippen molar-refractivity contribution in [3.8, 4) is 5.75 Å². The van der Waals surface area contributed by atoms with Crippen LogP contribution in [0.25, 0.3) is 0 Å². The highest BCUT2D eigenvalue weighted by atomic mass is 79.9. The number of halogens is 1. The van der Waals surface area contributed by atoms with Crippen LogP contribution >= 0.6 is 15.9 Å². The average molecular weight is 309 g/mol. The molecule has 0 saturated carbocycles. The molecule has 0 unspecified atom stereocenters. The van der Waals surface area contributed by atoms with Crippen LogP contribution in [0.4, 0.5) is 0 Å². The first-order chi connectivity index (χ1) is 8.70. The molecule has 0 fully saturated rings. The van der Waals surface area contributed by atoms with E-state index in [1.54, 1.807) is 0 Å². The molecule has 1 aromatic heterocycles. The Hall–Kier alpha value is -1.29. The summed E-state index contributed by atoms with van der Waals surface area (Å²) in [4.78, 5) is 4.28. The van der Waals surface area contributed by atoms with Crippen LogP contribution in [0.15, 0.2) is 30.6 Å². The number of aryl methyl sites for hydroxylation is 2. The van der Waals surface area contributed by atoms with Crippen molar-refractivity contribution in [3.05, 3.63) is 47.5 Å². The van der Waals surface area contributed by atoms with Crippen molar-refractivity contribution < 1.29 is 4.74 Å². The molecule has 0 aliphatic rings. The van der Waals surface area contributed by atoms with Gasteiger partial charge in [0.1, 0.15) is 11.6 Å². The molecule has 3 nitrogen and oxygen atoms in total. The lowest BCUT2D eigenvalue weighted by molar-refractivity contribution is 0.315. The smallest absolute Gasteiger partial charge is 0.123 e. The molecule has 0 spiro atoms. The number of hydrogen-bond acceptors (Lipinski definition) is 2. The minimum Gasteiger partial charge on any atom is -0.493 e. The molecule has 0 radical (unpaired) electrons. The third-order valence-corrected chi connectivity index (χ3v) is 3.47. The summed E-state index contributed by atoms with van der Waals surface area (Å²) >= 11 is 3.49. The van der Waals surface area contributed by atoms with Crippen LogP contribution < -0.4 is 4.74 Å². The maximum absolute atomic E-state index is 5.83. The number of aromatic nitrogens is 2. The normalized spacial score (nSPS) is 10.6. The van der Waals surface area contributed by atoms with Gasteiger partial charge in [-0.05, 0) is 13.0 Å². The van der Waals surface area contributed by atoms with E-state index in [4.69, 9.17) is 4.74 Å². The van der Waals surface area contributed by atoms with Gasteiger partial charge >= 0.3 is 0 Å². The van der Waals surface area contributed by atoms with Crippen molar-refractivity contribution in [2.75, 3.05) is 6.61 Å². The highest BCUT2D eigenvalue weighted by Crippen LogP contribution is 2.22. The molecule has 0 aliphatic heterocycles. The number of imidazole rings is 1. The van der Waals surface area contributed by atoms with E-state index in [0.29, 0.717) is 6.61 Å². The van der Waals surface area contributed by atoms with Gasteiger partial charge in [-0.1, -0.05) is 33.6 Å². The molecule has 2 rings (SSSR count). The van der Waals surface area contributed by atoms with Crippen molar-refractivity contribution >= 4 is 15.9 Å². The fourth-order valence-corrected chi connectivity index (χ4v) is 2.28. The van der Waals surface area contributed by atoms with Crippen LogP contribution in [0.1, 0.15) is 17.0 Å². The second-order valence-corrected chi connectivity index (χ2v) is 4.86. The van der Waals surface area contributed by atoms with Crippen LogP contribution in [-0.4, -0.2) is 16.2 Å². The minimum absolute atomic E-state index is 0.647. The van der Waals surface area contributed by atoms with E-state index in [0.717, 1.165) is 23.3 Å². The molecule has 0 aliphatic carbocycles. The van der Waals surface area contributed by atoms with Crippen LogP contribution in [0.5, 0.6) is 5.75 Å². The summed E-state index contributed by atoms with van der Waals surface area (Å²) < 4.78 is 7.85. The number of ether oxygens (including phenoxy) is 1. The lowest BCUT2D eigenvalue weighted by Crippen LogP contribution is -2.07. The fraction of sp³-hybridized carbons (Fsp3) is 0.357. The first kappa shape index (κ1) is 13.1. The largest absolute Gasteiger partial charge is 0.493 e. The third-order valence-electron chi connectivity index (χ3n) is 2.86. The van der Waals surface area contributed by atoms with Crippen LogP contribution in [0.3, 0.4) is 0 Å². The average Bonchev–Trinajstić information content (AvgIpc) is 2.77. The monoisotopic (exact) mass is 308 g/mol. The lowest BCUT2D eigenvalue weighted by Gasteiger charge is -2.10. The van der Waals surface area contributed by atoms with Gasteiger partial charge in [0.2, 0.25) is 0 Å². The van der Waals surface area contributed by atoms with Crippen molar-refractivity contribution in [2.24, 2.45) is 7.05 Å². The summed E-state index contributed by atoms with van der Waals surface area (Å²) in [5.74, 6) is 1.99. The van der Waals surface area contributed by atoms with Gasteiger partial charge in [0.25, 0.3) is 0 Å². The topological polar surface area (TPSA) is 27.1 Å². The second kappa shape index (κ2) is 6.05. The number of alkyl halides is 1. The minimum atomic E-state index is 0.647. The molecule has 96 valence electrons. The molecule has 0 atom stereocenters. The van der Waals surface area contributed by atoms with Crippen LogP contribution in [0, 0.1) is 6.92 Å². The Labute approximate surface area is 116 Å². The van der Waals surface area contributed by atoms with Gasteiger partial charge in [-0.15, -0.1) is 0 Å². The molecular formula is C14H17BrN2O. The van der Waals surface area contributed by atoms with Gasteiger partial charge in [-0.25, -0.2) is 4.98 Å². The summed E-state index contributed by atoms with van der Waals surface area (Å²) in [7, 11) is 2.00. The Morgan fingerprint density at radius 3 is 2.89 bits per heavy atom. The predicted octanol–water partition coefficient (Wildman–Crippen LogP) is 3.24. The van der Waals surface area contributed by atoms with Crippen LogP contribution in [-0.2, 0) is 18.8 Å². The van der Waals surface area contributed by atoms with Crippen molar-refractivity contribution in [1.29, 1.82) is 0 Å². The summed E-state index contributed by atoms with van der Waals surface area (Å²) in [5, 5.41) is 0.812. The van der Waals surface area contributed by atoms with Crippen molar-refractivity contribution in [1.82, 2.24) is 9.55 Å². The molecule has 0 bridgehead atoms. The van der Waals surface area contributed by atoms with E-state index in [9.17, 15) is 0 Å². The fourth-order valence-electron chi connectivity index (χ4n) is 1.84. The molecule has 1 heterocycles. The quantitative estimate of drug-likeness (QED) is 0.793. The highest BCUT2D eigenvalue weighted by molar-refractivity contribution is 9.08. The molecule has 0 N–H and O–H groups in total. The van der Waals surface area contributed by atoms with E-state index in [-0.39, 0.29) is 0 Å². The van der Waals surface area contributed by atoms with Gasteiger partial charge in [0.15, 0.2) is 0 Å². The molecule has 1 aromatic carbocycles. The number of rotatable bonds is 5. The predicted molar refractivity (Wildman–Crippen MR) is 76.2 cm³/mol. The van der Waals surface area contributed by atoms with Gasteiger partial charge < -0.3 is 9.30 Å². The lowest BCUT2D eigenvalue weighted by atomic mass is 10.1. The zero-order valence-corrected chi connectivity index (χ0v) is 12.3. The summed E-state index contributed by atoms with van der Waals surface area (Å²) in [5.41, 5.74) is 2.44. The third kappa shape index (κ3) is 3.13. The maximum Gasteiger partial charge on any atom is 0.123 e. The van der Waals surface area contributed by atoms with Gasteiger partial charge in [0.05, 0.1) is 6.61 Å². The molecule has 0 saturated heterocycles. The van der Waals surface area contributed by atoms with E-state index < -0.39 is 0 Å². The van der Waals surface area contributed by atoms with E-state index >= 15 is 0 Å². The maximum atomic E-state index is 5.83. The van der Waals surface area contributed by atoms with E-state index in [1.807, 2.05) is 30.1 Å². The van der Waals surface area contributed by atoms with Gasteiger partial charge in [-0.3, -0.25) is 0 Å². The number of hydrogen-bond donors (Lipinski definition) is 0. The summed E-state index contributed by atoms with van der Waals surface area (Å²) in [6.45, 7) is 2.73. The molecule has 18 heavy (non-hydrogen) atoms. The van der Waals surface area contributed by atoms with Crippen molar-refractivity contribution in [3.63, 3.8) is 0 Å². The highest BCUT2D eigenvalue weighted by Gasteiger charge is 2.04. The Morgan fingerprint density at radius 1 is 1.39 bits per heavy atom. The van der Waals surface area contributed by atoms with Crippen LogP contribution in [0.2, 0.25) is 0 Å². The van der Waals surface area contributed by atoms with Gasteiger partial charge in [0, 0.05) is 36.8 Å². The second-order valence-electron chi connectivity index (χ2n) is 4.30. The number of nitrogens with zero attached hydrogens (tertiary/aromatic N) is 2. The first-order valence-electron chi connectivity index (χ1n) is 5.95. The van der Waals surface area contributed by atoms with Gasteiger partial charge in [-0.2, -0.15) is 0 Å². The number of benzene rings is 1. The molecular weight excluding hydrogens is 292 g/mol. The SMILES string of the molecule is Cc1ccc(OCCc2nccn2C)c(CBr)c1. The van der Waals surface area contributed by atoms with E-state index in [2.05, 4.69) is 40.0 Å². The molecule has 2 aromatic rings. The Bertz CT molecular complexity index is 522. The van der Waals surface area contributed by atoms with E-state index in [1.165, 1.54) is 11.1 Å². The Kier molecular flexibility index (Phi) is 4.42. The van der Waals surface area contributed by atoms with Crippen molar-refractivity contribution in [2.45, 2.75) is 18.7 Å². The standard InChI is InChI=1S/C14H17BrN2O/c1-11-3-4-13(12(9-11)10-15)18-8-5-14-16-6-7-17(14)2/h3-4,6-7,9H,5,8,10H2,1-2H3.